The van der Waals surface area contributed by atoms with E-state index >= 15 is 0 Å². The number of carbonyl (C=O) groups is 1. The molecular weight excluding hydrogens is 432 g/mol. The molecule has 0 atom stereocenters. The van der Waals surface area contributed by atoms with Gasteiger partial charge in [0.25, 0.3) is 11.5 Å². The summed E-state index contributed by atoms with van der Waals surface area (Å²) in [6.07, 6.45) is 6.35. The van der Waals surface area contributed by atoms with Crippen LogP contribution < -0.4 is 16.6 Å². The number of amides is 1. The number of pyridine rings is 2. The lowest BCUT2D eigenvalue weighted by Crippen LogP contribution is -2.46. The summed E-state index contributed by atoms with van der Waals surface area (Å²) in [6, 6.07) is 13.3. The summed E-state index contributed by atoms with van der Waals surface area (Å²) in [5.41, 5.74) is -0.157. The van der Waals surface area contributed by atoms with Crippen LogP contribution in [0.25, 0.3) is 5.69 Å². The Kier molecular flexibility index (Phi) is 6.18. The third-order valence-electron chi connectivity index (χ3n) is 4.59. The van der Waals surface area contributed by atoms with E-state index in [-0.39, 0.29) is 13.1 Å². The topological polar surface area (TPSA) is 112 Å². The van der Waals surface area contributed by atoms with Crippen molar-refractivity contribution < 1.29 is 4.79 Å². The summed E-state index contributed by atoms with van der Waals surface area (Å²) in [6.45, 7) is 0.0843. The fourth-order valence-corrected chi connectivity index (χ4v) is 3.12. The van der Waals surface area contributed by atoms with E-state index in [0.717, 1.165) is 14.8 Å². The van der Waals surface area contributed by atoms with Crippen molar-refractivity contribution in [2.24, 2.45) is 0 Å². The second kappa shape index (κ2) is 9.36. The Morgan fingerprint density at radius 3 is 2.22 bits per heavy atom. The minimum atomic E-state index is -0.798. The number of halogens is 1. The molecule has 1 N–H and O–H groups in total. The van der Waals surface area contributed by atoms with E-state index in [1.54, 1.807) is 73.3 Å². The van der Waals surface area contributed by atoms with Crippen LogP contribution in [-0.4, -0.2) is 30.2 Å². The lowest BCUT2D eigenvalue weighted by molar-refractivity contribution is 0.0941. The van der Waals surface area contributed by atoms with Gasteiger partial charge >= 0.3 is 5.69 Å². The number of hydrogen-bond acceptors (Lipinski definition) is 6. The maximum Gasteiger partial charge on any atom is 0.352 e. The van der Waals surface area contributed by atoms with Gasteiger partial charge in [0, 0.05) is 36.4 Å². The maximum absolute atomic E-state index is 13.1. The van der Waals surface area contributed by atoms with Gasteiger partial charge in [0.1, 0.15) is 0 Å². The Hall–Kier alpha value is -4.11. The molecule has 0 saturated heterocycles. The third kappa shape index (κ3) is 4.62. The van der Waals surface area contributed by atoms with Crippen molar-refractivity contribution in [2.45, 2.75) is 13.1 Å². The maximum atomic E-state index is 13.1. The van der Waals surface area contributed by atoms with Gasteiger partial charge in [0.2, 0.25) is 5.69 Å². The normalized spacial score (nSPS) is 10.7. The predicted octanol–water partition coefficient (Wildman–Crippen LogP) is 1.82. The lowest BCUT2D eigenvalue weighted by Gasteiger charge is -2.12. The molecule has 0 aliphatic carbocycles. The van der Waals surface area contributed by atoms with Crippen LogP contribution in [-0.2, 0) is 13.1 Å². The highest BCUT2D eigenvalue weighted by Gasteiger charge is 2.20. The van der Waals surface area contributed by atoms with Crippen molar-refractivity contribution in [2.75, 3.05) is 0 Å². The summed E-state index contributed by atoms with van der Waals surface area (Å²) in [5.74, 6) is -0.707. The largest absolute Gasteiger partial charge is 0.352 e. The van der Waals surface area contributed by atoms with Crippen LogP contribution in [0.3, 0.4) is 0 Å². The highest BCUT2D eigenvalue weighted by Crippen LogP contribution is 2.11. The van der Waals surface area contributed by atoms with Crippen LogP contribution in [0.15, 0.2) is 82.9 Å². The summed E-state index contributed by atoms with van der Waals surface area (Å²) in [4.78, 5) is 47.0. The van der Waals surface area contributed by atoms with Gasteiger partial charge in [-0.05, 0) is 47.5 Å². The monoisotopic (exact) mass is 448 g/mol. The first-order valence-electron chi connectivity index (χ1n) is 9.59. The fourth-order valence-electron chi connectivity index (χ4n) is 2.99. The first-order valence-corrected chi connectivity index (χ1v) is 9.97. The first-order chi connectivity index (χ1) is 15.5. The fraction of sp³-hybridized carbons (Fsp3) is 0.0909. The minimum absolute atomic E-state index is 0.0650. The Bertz CT molecular complexity index is 1350. The van der Waals surface area contributed by atoms with Gasteiger partial charge in [-0.2, -0.15) is 9.78 Å². The van der Waals surface area contributed by atoms with Crippen LogP contribution in [0.1, 0.15) is 21.6 Å². The highest BCUT2D eigenvalue weighted by molar-refractivity contribution is 6.30. The molecule has 0 radical (unpaired) electrons. The molecular formula is C22H17ClN6O3. The Balaban J connectivity index is 1.77. The zero-order valence-corrected chi connectivity index (χ0v) is 17.4. The molecule has 0 bridgehead atoms. The molecule has 0 fully saturated rings. The number of aromatic nitrogens is 5. The number of carbonyl (C=O) groups excluding carboxylic acids is 1. The SMILES string of the molecule is O=C(NCc1cccnc1)c1nn(-c2ccc(Cl)cc2)c(=O)n(Cc2cccnc2)c1=O. The number of hydrogen-bond donors (Lipinski definition) is 1. The quantitative estimate of drug-likeness (QED) is 0.481. The molecule has 4 rings (SSSR count). The Morgan fingerprint density at radius 1 is 0.938 bits per heavy atom. The second-order valence-corrected chi connectivity index (χ2v) is 7.25. The number of benzene rings is 1. The van der Waals surface area contributed by atoms with Crippen molar-refractivity contribution in [1.82, 2.24) is 29.6 Å². The molecule has 0 spiro atoms. The van der Waals surface area contributed by atoms with Gasteiger partial charge in [-0.3, -0.25) is 24.1 Å². The molecule has 160 valence electrons. The van der Waals surface area contributed by atoms with Crippen molar-refractivity contribution >= 4 is 17.5 Å². The van der Waals surface area contributed by atoms with Crippen molar-refractivity contribution in [3.05, 3.63) is 116 Å². The molecule has 0 aliphatic heterocycles. The van der Waals surface area contributed by atoms with Gasteiger partial charge < -0.3 is 5.32 Å². The molecule has 4 aromatic rings. The molecule has 1 aromatic carbocycles. The minimum Gasteiger partial charge on any atom is -0.346 e. The lowest BCUT2D eigenvalue weighted by atomic mass is 10.2. The molecule has 0 aliphatic rings. The average molecular weight is 449 g/mol. The number of nitrogens with zero attached hydrogens (tertiary/aromatic N) is 5. The standard InChI is InChI=1S/C22H17ClN6O3/c23-17-5-7-18(8-6-17)29-22(32)28(14-16-4-2-10-25-12-16)21(31)19(27-29)20(30)26-13-15-3-1-9-24-11-15/h1-12H,13-14H2,(H,26,30). The smallest absolute Gasteiger partial charge is 0.346 e. The Morgan fingerprint density at radius 2 is 1.59 bits per heavy atom. The van der Waals surface area contributed by atoms with E-state index in [4.69, 9.17) is 11.6 Å². The molecule has 0 saturated carbocycles. The van der Waals surface area contributed by atoms with Gasteiger partial charge in [0.15, 0.2) is 0 Å². The van der Waals surface area contributed by atoms with E-state index in [1.165, 1.54) is 0 Å². The number of rotatable bonds is 6. The first kappa shape index (κ1) is 21.1. The molecule has 1 amide bonds. The van der Waals surface area contributed by atoms with Crippen LogP contribution in [0.5, 0.6) is 0 Å². The van der Waals surface area contributed by atoms with Crippen LogP contribution in [0.2, 0.25) is 5.02 Å². The van der Waals surface area contributed by atoms with Gasteiger partial charge in [-0.1, -0.05) is 23.7 Å². The molecule has 9 nitrogen and oxygen atoms in total. The van der Waals surface area contributed by atoms with Crippen molar-refractivity contribution in [1.29, 1.82) is 0 Å². The van der Waals surface area contributed by atoms with Gasteiger partial charge in [-0.15, -0.1) is 0 Å². The van der Waals surface area contributed by atoms with Crippen LogP contribution in [0, 0.1) is 0 Å². The van der Waals surface area contributed by atoms with E-state index in [9.17, 15) is 14.4 Å². The van der Waals surface area contributed by atoms with Gasteiger partial charge in [0.05, 0.1) is 12.2 Å². The van der Waals surface area contributed by atoms with Crippen molar-refractivity contribution in [3.63, 3.8) is 0 Å². The summed E-state index contributed by atoms with van der Waals surface area (Å²) < 4.78 is 1.96. The highest BCUT2D eigenvalue weighted by atomic mass is 35.5. The van der Waals surface area contributed by atoms with Gasteiger partial charge in [-0.25, -0.2) is 4.79 Å². The van der Waals surface area contributed by atoms with Crippen LogP contribution in [0.4, 0.5) is 0 Å². The van der Waals surface area contributed by atoms with E-state index < -0.39 is 22.9 Å². The molecule has 3 heterocycles. The zero-order chi connectivity index (χ0) is 22.5. The zero-order valence-electron chi connectivity index (χ0n) is 16.7. The summed E-state index contributed by atoms with van der Waals surface area (Å²) in [5, 5.41) is 7.19. The van der Waals surface area contributed by atoms with Crippen LogP contribution >= 0.6 is 11.6 Å². The predicted molar refractivity (Wildman–Crippen MR) is 118 cm³/mol. The van der Waals surface area contributed by atoms with E-state index in [0.29, 0.717) is 16.3 Å². The average Bonchev–Trinajstić information content (AvgIpc) is 2.82. The Labute approximate surface area is 187 Å². The summed E-state index contributed by atoms with van der Waals surface area (Å²) >= 11 is 5.94. The summed E-state index contributed by atoms with van der Waals surface area (Å²) in [7, 11) is 0. The van der Waals surface area contributed by atoms with E-state index in [1.807, 2.05) is 0 Å². The second-order valence-electron chi connectivity index (χ2n) is 6.82. The van der Waals surface area contributed by atoms with E-state index in [2.05, 4.69) is 20.4 Å². The molecule has 32 heavy (non-hydrogen) atoms. The third-order valence-corrected chi connectivity index (χ3v) is 4.84. The molecule has 3 aromatic heterocycles. The molecule has 10 heteroatoms. The van der Waals surface area contributed by atoms with Crippen molar-refractivity contribution in [3.8, 4) is 5.69 Å². The number of nitrogens with one attached hydrogen (secondary N) is 1. The molecule has 0 unspecified atom stereocenters.